The molecule has 3 rings (SSSR count). The second-order valence-corrected chi connectivity index (χ2v) is 5.62. The zero-order chi connectivity index (χ0) is 13.2. The lowest BCUT2D eigenvalue weighted by Crippen LogP contribution is -2.25. The highest BCUT2D eigenvalue weighted by Crippen LogP contribution is 2.31. The predicted molar refractivity (Wildman–Crippen MR) is 74.8 cm³/mol. The van der Waals surface area contributed by atoms with Crippen molar-refractivity contribution in [3.8, 4) is 11.5 Å². The molecule has 0 bridgehead atoms. The van der Waals surface area contributed by atoms with Crippen molar-refractivity contribution in [3.63, 3.8) is 0 Å². The third kappa shape index (κ3) is 2.71. The first kappa shape index (κ1) is 12.8. The highest BCUT2D eigenvalue weighted by Gasteiger charge is 2.28. The number of nitrogens with zero attached hydrogens (tertiary/aromatic N) is 1. The molecule has 1 aromatic carbocycles. The number of rotatable bonds is 3. The summed E-state index contributed by atoms with van der Waals surface area (Å²) in [6.45, 7) is 2.67. The summed E-state index contributed by atoms with van der Waals surface area (Å²) in [7, 11) is 0. The Balaban J connectivity index is 1.71. The summed E-state index contributed by atoms with van der Waals surface area (Å²) in [5.74, 6) is 2.25. The molecule has 5 heteroatoms. The van der Waals surface area contributed by atoms with Gasteiger partial charge in [-0.3, -0.25) is 4.79 Å². The van der Waals surface area contributed by atoms with E-state index < -0.39 is 0 Å². The summed E-state index contributed by atoms with van der Waals surface area (Å²) in [5, 5.41) is 0.885. The van der Waals surface area contributed by atoms with Gasteiger partial charge in [0, 0.05) is 24.8 Å². The van der Waals surface area contributed by atoms with E-state index in [1.54, 1.807) is 0 Å². The van der Waals surface area contributed by atoms with Gasteiger partial charge < -0.3 is 14.4 Å². The summed E-state index contributed by atoms with van der Waals surface area (Å²) < 4.78 is 11.1. The van der Waals surface area contributed by atoms with E-state index in [2.05, 4.69) is 15.9 Å². The van der Waals surface area contributed by atoms with E-state index >= 15 is 0 Å². The molecule has 0 saturated carbocycles. The number of ether oxygens (including phenoxy) is 2. The van der Waals surface area contributed by atoms with Crippen LogP contribution in [0.1, 0.15) is 12.0 Å². The van der Waals surface area contributed by atoms with E-state index in [1.165, 1.54) is 0 Å². The Hall–Kier alpha value is -1.23. The normalized spacial score (nSPS) is 21.8. The van der Waals surface area contributed by atoms with Crippen LogP contribution in [0.3, 0.4) is 0 Å². The lowest BCUT2D eigenvalue weighted by molar-refractivity contribution is -0.128. The molecule has 2 aliphatic rings. The van der Waals surface area contributed by atoms with Crippen LogP contribution in [0.25, 0.3) is 0 Å². The second-order valence-electron chi connectivity index (χ2n) is 4.98. The van der Waals surface area contributed by atoms with Crippen molar-refractivity contribution >= 4 is 21.8 Å². The van der Waals surface area contributed by atoms with E-state index in [0.717, 1.165) is 28.9 Å². The van der Waals surface area contributed by atoms with Crippen LogP contribution in [0.5, 0.6) is 11.5 Å². The van der Waals surface area contributed by atoms with Crippen LogP contribution in [0.4, 0.5) is 0 Å². The van der Waals surface area contributed by atoms with Crippen molar-refractivity contribution in [2.45, 2.75) is 13.0 Å². The highest BCUT2D eigenvalue weighted by molar-refractivity contribution is 9.09. The topological polar surface area (TPSA) is 38.8 Å². The predicted octanol–water partition coefficient (Wildman–Crippen LogP) is 2.20. The Kier molecular flexibility index (Phi) is 3.64. The zero-order valence-corrected chi connectivity index (χ0v) is 12.2. The van der Waals surface area contributed by atoms with E-state index in [4.69, 9.17) is 9.47 Å². The van der Waals surface area contributed by atoms with Crippen LogP contribution in [-0.4, -0.2) is 35.9 Å². The molecule has 1 aromatic rings. The van der Waals surface area contributed by atoms with Crippen molar-refractivity contribution in [1.29, 1.82) is 0 Å². The van der Waals surface area contributed by atoms with Gasteiger partial charge in [0.1, 0.15) is 13.2 Å². The first-order chi connectivity index (χ1) is 9.26. The third-order valence-electron chi connectivity index (χ3n) is 3.49. The highest BCUT2D eigenvalue weighted by atomic mass is 79.9. The number of carbonyl (C=O) groups is 1. The molecule has 102 valence electrons. The standard InChI is InChI=1S/C14H16BrNO3/c15-7-11-6-14(17)16(9-11)8-10-1-2-12-13(5-10)19-4-3-18-12/h1-2,5,11H,3-4,6-9H2. The molecule has 1 fully saturated rings. The summed E-state index contributed by atoms with van der Waals surface area (Å²) in [6, 6.07) is 5.90. The molecule has 0 radical (unpaired) electrons. The van der Waals surface area contributed by atoms with Gasteiger partial charge in [-0.25, -0.2) is 0 Å². The molecule has 0 aromatic heterocycles. The minimum atomic E-state index is 0.235. The van der Waals surface area contributed by atoms with Crippen molar-refractivity contribution < 1.29 is 14.3 Å². The Morgan fingerprint density at radius 3 is 2.79 bits per heavy atom. The summed E-state index contributed by atoms with van der Waals surface area (Å²) in [6.07, 6.45) is 0.649. The Morgan fingerprint density at radius 2 is 2.05 bits per heavy atom. The Labute approximate surface area is 120 Å². The molecule has 0 N–H and O–H groups in total. The maximum atomic E-state index is 11.9. The van der Waals surface area contributed by atoms with Gasteiger partial charge in [0.25, 0.3) is 0 Å². The van der Waals surface area contributed by atoms with Gasteiger partial charge in [0.15, 0.2) is 11.5 Å². The molecule has 0 aliphatic carbocycles. The van der Waals surface area contributed by atoms with Crippen molar-refractivity contribution in [3.05, 3.63) is 23.8 Å². The van der Waals surface area contributed by atoms with Gasteiger partial charge in [0.2, 0.25) is 5.91 Å². The zero-order valence-electron chi connectivity index (χ0n) is 10.6. The molecule has 0 spiro atoms. The molecule has 2 heterocycles. The first-order valence-corrected chi connectivity index (χ1v) is 7.60. The maximum Gasteiger partial charge on any atom is 0.223 e. The molecule has 2 aliphatic heterocycles. The SMILES string of the molecule is O=C1CC(CBr)CN1Cc1ccc2c(c1)OCCO2. The number of fused-ring (bicyclic) bond motifs is 1. The fraction of sp³-hybridized carbons (Fsp3) is 0.500. The second kappa shape index (κ2) is 5.41. The maximum absolute atomic E-state index is 11.9. The Bertz CT molecular complexity index is 492. The average molecular weight is 326 g/mol. The largest absolute Gasteiger partial charge is 0.486 e. The fourth-order valence-electron chi connectivity index (χ4n) is 2.52. The number of carbonyl (C=O) groups excluding carboxylic acids is 1. The van der Waals surface area contributed by atoms with Crippen LogP contribution < -0.4 is 9.47 Å². The molecular formula is C14H16BrNO3. The number of hydrogen-bond acceptors (Lipinski definition) is 3. The molecule has 19 heavy (non-hydrogen) atoms. The molecular weight excluding hydrogens is 310 g/mol. The van der Waals surface area contributed by atoms with Crippen LogP contribution in [0.15, 0.2) is 18.2 Å². The van der Waals surface area contributed by atoms with Crippen molar-refractivity contribution in [2.24, 2.45) is 5.92 Å². The lowest BCUT2D eigenvalue weighted by Gasteiger charge is -2.21. The van der Waals surface area contributed by atoms with Crippen LogP contribution in [-0.2, 0) is 11.3 Å². The van der Waals surface area contributed by atoms with Crippen molar-refractivity contribution in [2.75, 3.05) is 25.1 Å². The summed E-state index contributed by atoms with van der Waals surface area (Å²) in [4.78, 5) is 13.8. The van der Waals surface area contributed by atoms with Gasteiger partial charge in [-0.05, 0) is 23.6 Å². The number of amides is 1. The number of likely N-dealkylation sites (tertiary alicyclic amines) is 1. The Morgan fingerprint density at radius 1 is 1.26 bits per heavy atom. The number of benzene rings is 1. The molecule has 1 saturated heterocycles. The van der Waals surface area contributed by atoms with E-state index in [-0.39, 0.29) is 5.91 Å². The smallest absolute Gasteiger partial charge is 0.223 e. The van der Waals surface area contributed by atoms with E-state index in [1.807, 2.05) is 23.1 Å². The number of halogens is 1. The van der Waals surface area contributed by atoms with Gasteiger partial charge in [-0.2, -0.15) is 0 Å². The minimum Gasteiger partial charge on any atom is -0.486 e. The van der Waals surface area contributed by atoms with Gasteiger partial charge in [-0.1, -0.05) is 22.0 Å². The third-order valence-corrected chi connectivity index (χ3v) is 4.41. The summed E-state index contributed by atoms with van der Waals surface area (Å²) >= 11 is 3.45. The molecule has 4 nitrogen and oxygen atoms in total. The monoisotopic (exact) mass is 325 g/mol. The van der Waals surface area contributed by atoms with Gasteiger partial charge in [0.05, 0.1) is 0 Å². The first-order valence-electron chi connectivity index (χ1n) is 6.48. The molecule has 1 amide bonds. The fourth-order valence-corrected chi connectivity index (χ4v) is 2.95. The van der Waals surface area contributed by atoms with Gasteiger partial charge >= 0.3 is 0 Å². The quantitative estimate of drug-likeness (QED) is 0.800. The lowest BCUT2D eigenvalue weighted by atomic mass is 10.1. The van der Waals surface area contributed by atoms with Crippen LogP contribution >= 0.6 is 15.9 Å². The summed E-state index contributed by atoms with van der Waals surface area (Å²) in [5.41, 5.74) is 1.09. The number of alkyl halides is 1. The van der Waals surface area contributed by atoms with Crippen molar-refractivity contribution in [1.82, 2.24) is 4.90 Å². The number of hydrogen-bond donors (Lipinski definition) is 0. The van der Waals surface area contributed by atoms with E-state index in [9.17, 15) is 4.79 Å². The minimum absolute atomic E-state index is 0.235. The molecule has 1 atom stereocenters. The van der Waals surface area contributed by atoms with Crippen LogP contribution in [0, 0.1) is 5.92 Å². The van der Waals surface area contributed by atoms with E-state index in [0.29, 0.717) is 32.1 Å². The van der Waals surface area contributed by atoms with Crippen LogP contribution in [0.2, 0.25) is 0 Å². The average Bonchev–Trinajstić information content (AvgIpc) is 2.79. The molecule has 1 unspecified atom stereocenters. The van der Waals surface area contributed by atoms with Gasteiger partial charge in [-0.15, -0.1) is 0 Å².